The van der Waals surface area contributed by atoms with Crippen molar-refractivity contribution in [3.63, 3.8) is 0 Å². The zero-order valence-electron chi connectivity index (χ0n) is 7.73. The standard InChI is InChI=1S/C11H12O3/c12-6-7-2-1-3-9-10(7)4-8(13)5-11(9)14/h4-7,13-14H,1-3H2. The van der Waals surface area contributed by atoms with E-state index in [1.54, 1.807) is 6.07 Å². The van der Waals surface area contributed by atoms with Crippen LogP contribution in [0.3, 0.4) is 0 Å². The molecule has 1 unspecified atom stereocenters. The highest BCUT2D eigenvalue weighted by Crippen LogP contribution is 2.37. The highest BCUT2D eigenvalue weighted by atomic mass is 16.3. The Bertz CT molecular complexity index is 371. The Kier molecular flexibility index (Phi) is 2.15. The molecule has 0 spiro atoms. The minimum Gasteiger partial charge on any atom is -0.508 e. The van der Waals surface area contributed by atoms with Gasteiger partial charge in [0.2, 0.25) is 0 Å². The molecular formula is C11H12O3. The van der Waals surface area contributed by atoms with E-state index in [1.807, 2.05) is 0 Å². The first kappa shape index (κ1) is 9.06. The van der Waals surface area contributed by atoms with Crippen molar-refractivity contribution >= 4 is 6.29 Å². The van der Waals surface area contributed by atoms with Gasteiger partial charge in [-0.05, 0) is 36.5 Å². The SMILES string of the molecule is O=CC1CCCc2c(O)cc(O)cc21. The quantitative estimate of drug-likeness (QED) is 0.666. The maximum atomic E-state index is 10.8. The molecule has 0 bridgehead atoms. The van der Waals surface area contributed by atoms with Crippen LogP contribution in [0, 0.1) is 0 Å². The number of aldehydes is 1. The van der Waals surface area contributed by atoms with Crippen LogP contribution in [0.2, 0.25) is 0 Å². The van der Waals surface area contributed by atoms with Gasteiger partial charge in [-0.3, -0.25) is 0 Å². The number of rotatable bonds is 1. The van der Waals surface area contributed by atoms with Crippen molar-refractivity contribution < 1.29 is 15.0 Å². The van der Waals surface area contributed by atoms with E-state index in [-0.39, 0.29) is 17.4 Å². The van der Waals surface area contributed by atoms with E-state index in [9.17, 15) is 15.0 Å². The van der Waals surface area contributed by atoms with E-state index < -0.39 is 0 Å². The monoisotopic (exact) mass is 192 g/mol. The van der Waals surface area contributed by atoms with Gasteiger partial charge in [-0.15, -0.1) is 0 Å². The Morgan fingerprint density at radius 1 is 1.36 bits per heavy atom. The molecule has 1 atom stereocenters. The van der Waals surface area contributed by atoms with Crippen LogP contribution in [0.5, 0.6) is 11.5 Å². The summed E-state index contributed by atoms with van der Waals surface area (Å²) >= 11 is 0. The topological polar surface area (TPSA) is 57.5 Å². The van der Waals surface area contributed by atoms with Crippen molar-refractivity contribution in [2.45, 2.75) is 25.2 Å². The zero-order chi connectivity index (χ0) is 10.1. The summed E-state index contributed by atoms with van der Waals surface area (Å²) in [6, 6.07) is 2.90. The average molecular weight is 192 g/mol. The van der Waals surface area contributed by atoms with Gasteiger partial charge in [0.1, 0.15) is 17.8 Å². The number of benzene rings is 1. The minimum absolute atomic E-state index is 0.0231. The van der Waals surface area contributed by atoms with Crippen molar-refractivity contribution in [1.82, 2.24) is 0 Å². The van der Waals surface area contributed by atoms with Crippen molar-refractivity contribution in [2.24, 2.45) is 0 Å². The highest BCUT2D eigenvalue weighted by Gasteiger charge is 2.22. The van der Waals surface area contributed by atoms with Gasteiger partial charge in [-0.1, -0.05) is 0 Å². The fourth-order valence-electron chi connectivity index (χ4n) is 2.06. The molecule has 2 rings (SSSR count). The molecule has 2 N–H and O–H groups in total. The van der Waals surface area contributed by atoms with Crippen LogP contribution >= 0.6 is 0 Å². The van der Waals surface area contributed by atoms with Gasteiger partial charge in [0.25, 0.3) is 0 Å². The van der Waals surface area contributed by atoms with Gasteiger partial charge in [-0.25, -0.2) is 0 Å². The summed E-state index contributed by atoms with van der Waals surface area (Å²) in [6.45, 7) is 0. The number of carbonyl (C=O) groups excluding carboxylic acids is 1. The molecule has 0 saturated carbocycles. The van der Waals surface area contributed by atoms with Crippen molar-refractivity contribution in [3.05, 3.63) is 23.3 Å². The van der Waals surface area contributed by atoms with Crippen LogP contribution in [0.1, 0.15) is 29.9 Å². The van der Waals surface area contributed by atoms with Gasteiger partial charge in [-0.2, -0.15) is 0 Å². The zero-order valence-corrected chi connectivity index (χ0v) is 7.73. The summed E-state index contributed by atoms with van der Waals surface area (Å²) in [5.74, 6) is -0.0432. The predicted octanol–water partition coefficient (Wildman–Crippen LogP) is 1.72. The first-order chi connectivity index (χ1) is 6.72. The van der Waals surface area contributed by atoms with E-state index in [1.165, 1.54) is 6.07 Å². The Labute approximate surface area is 82.0 Å². The second-order valence-electron chi connectivity index (χ2n) is 3.67. The van der Waals surface area contributed by atoms with Crippen molar-refractivity contribution in [1.29, 1.82) is 0 Å². The average Bonchev–Trinajstić information content (AvgIpc) is 2.17. The molecule has 3 nitrogen and oxygen atoms in total. The highest BCUT2D eigenvalue weighted by molar-refractivity contribution is 5.66. The molecule has 14 heavy (non-hydrogen) atoms. The van der Waals surface area contributed by atoms with Crippen LogP contribution in [-0.4, -0.2) is 16.5 Å². The maximum Gasteiger partial charge on any atom is 0.127 e. The number of phenolic OH excluding ortho intramolecular Hbond substituents is 2. The predicted molar refractivity (Wildman–Crippen MR) is 51.5 cm³/mol. The molecule has 0 radical (unpaired) electrons. The number of phenols is 2. The Morgan fingerprint density at radius 2 is 2.14 bits per heavy atom. The molecule has 0 amide bonds. The lowest BCUT2D eigenvalue weighted by atomic mass is 9.83. The smallest absolute Gasteiger partial charge is 0.127 e. The third-order valence-corrected chi connectivity index (χ3v) is 2.75. The summed E-state index contributed by atoms with van der Waals surface area (Å²) in [5.41, 5.74) is 1.59. The van der Waals surface area contributed by atoms with Gasteiger partial charge in [0.05, 0.1) is 0 Å². The van der Waals surface area contributed by atoms with Crippen molar-refractivity contribution in [2.75, 3.05) is 0 Å². The fourth-order valence-corrected chi connectivity index (χ4v) is 2.06. The summed E-state index contributed by atoms with van der Waals surface area (Å²) < 4.78 is 0. The lowest BCUT2D eigenvalue weighted by molar-refractivity contribution is -0.109. The van der Waals surface area contributed by atoms with E-state index in [0.717, 1.165) is 36.7 Å². The molecule has 0 heterocycles. The van der Waals surface area contributed by atoms with Crippen LogP contribution in [0.25, 0.3) is 0 Å². The summed E-state index contributed by atoms with van der Waals surface area (Å²) in [6.07, 6.45) is 3.39. The van der Waals surface area contributed by atoms with Gasteiger partial charge in [0, 0.05) is 12.0 Å². The molecule has 0 aromatic heterocycles. The number of aromatic hydroxyl groups is 2. The molecule has 0 aliphatic heterocycles. The second kappa shape index (κ2) is 3.33. The van der Waals surface area contributed by atoms with Crippen molar-refractivity contribution in [3.8, 4) is 11.5 Å². The van der Waals surface area contributed by atoms with E-state index in [2.05, 4.69) is 0 Å². The number of hydrogen-bond acceptors (Lipinski definition) is 3. The summed E-state index contributed by atoms with van der Waals surface area (Å²) in [4.78, 5) is 10.8. The fraction of sp³-hybridized carbons (Fsp3) is 0.364. The summed E-state index contributed by atoms with van der Waals surface area (Å²) in [7, 11) is 0. The van der Waals surface area contributed by atoms with E-state index >= 15 is 0 Å². The van der Waals surface area contributed by atoms with E-state index in [0.29, 0.717) is 0 Å². The molecule has 3 heteroatoms. The summed E-state index contributed by atoms with van der Waals surface area (Å²) in [5, 5.41) is 18.9. The van der Waals surface area contributed by atoms with E-state index in [4.69, 9.17) is 0 Å². The first-order valence-electron chi connectivity index (χ1n) is 4.72. The Hall–Kier alpha value is -1.51. The normalized spacial score (nSPS) is 20.1. The Balaban J connectivity index is 2.56. The van der Waals surface area contributed by atoms with Crippen LogP contribution in [-0.2, 0) is 11.2 Å². The first-order valence-corrected chi connectivity index (χ1v) is 4.72. The van der Waals surface area contributed by atoms with Crippen LogP contribution < -0.4 is 0 Å². The lowest BCUT2D eigenvalue weighted by Gasteiger charge is -2.22. The molecular weight excluding hydrogens is 180 g/mol. The Morgan fingerprint density at radius 3 is 2.86 bits per heavy atom. The molecule has 1 aromatic rings. The lowest BCUT2D eigenvalue weighted by Crippen LogP contribution is -2.10. The molecule has 0 fully saturated rings. The van der Waals surface area contributed by atoms with Gasteiger partial charge >= 0.3 is 0 Å². The third kappa shape index (κ3) is 1.35. The molecule has 0 saturated heterocycles. The number of fused-ring (bicyclic) bond motifs is 1. The van der Waals surface area contributed by atoms with Crippen LogP contribution in [0.15, 0.2) is 12.1 Å². The number of carbonyl (C=O) groups is 1. The second-order valence-corrected chi connectivity index (χ2v) is 3.67. The maximum absolute atomic E-state index is 10.8. The molecule has 74 valence electrons. The number of hydrogen-bond donors (Lipinski definition) is 2. The van der Waals surface area contributed by atoms with Gasteiger partial charge in [0.15, 0.2) is 0 Å². The van der Waals surface area contributed by atoms with Gasteiger partial charge < -0.3 is 15.0 Å². The minimum atomic E-state index is -0.170. The molecule has 1 aliphatic rings. The molecule has 1 aromatic carbocycles. The largest absolute Gasteiger partial charge is 0.508 e. The van der Waals surface area contributed by atoms with Crippen LogP contribution in [0.4, 0.5) is 0 Å². The third-order valence-electron chi connectivity index (χ3n) is 2.75. The molecule has 1 aliphatic carbocycles.